The number of nitrogens with one attached hydrogen (secondary N) is 2. The molecule has 0 aliphatic carbocycles. The van der Waals surface area contributed by atoms with Gasteiger partial charge in [-0.2, -0.15) is 0 Å². The first-order valence-corrected chi connectivity index (χ1v) is 9.84. The second-order valence-corrected chi connectivity index (χ2v) is 7.06. The quantitative estimate of drug-likeness (QED) is 0.404. The van der Waals surface area contributed by atoms with Crippen LogP contribution in [0, 0.1) is 5.82 Å². The monoisotopic (exact) mass is 420 g/mol. The molecule has 1 atom stereocenters. The lowest BCUT2D eigenvalue weighted by Gasteiger charge is -2.15. The van der Waals surface area contributed by atoms with Gasteiger partial charge in [-0.15, -0.1) is 0 Å². The average molecular weight is 421 g/mol. The summed E-state index contributed by atoms with van der Waals surface area (Å²) in [4.78, 5) is 12.6. The van der Waals surface area contributed by atoms with Gasteiger partial charge < -0.3 is 22.1 Å². The van der Waals surface area contributed by atoms with Gasteiger partial charge in [-0.3, -0.25) is 4.79 Å². The Kier molecular flexibility index (Phi) is 7.06. The van der Waals surface area contributed by atoms with Crippen LogP contribution in [0.5, 0.6) is 0 Å². The zero-order valence-corrected chi connectivity index (χ0v) is 17.2. The number of hydrogen-bond donors (Lipinski definition) is 4. The van der Waals surface area contributed by atoms with Crippen LogP contribution in [0.25, 0.3) is 5.70 Å². The molecule has 6 N–H and O–H groups in total. The lowest BCUT2D eigenvalue weighted by Crippen LogP contribution is -2.26. The number of carbonyl (C=O) groups is 1. The summed E-state index contributed by atoms with van der Waals surface area (Å²) in [5.74, 6) is -0.167. The van der Waals surface area contributed by atoms with E-state index in [9.17, 15) is 9.18 Å². The van der Waals surface area contributed by atoms with Gasteiger partial charge in [0.1, 0.15) is 11.6 Å². The molecule has 0 aromatic heterocycles. The summed E-state index contributed by atoms with van der Waals surface area (Å²) < 4.78 is 13.1. The Morgan fingerprint density at radius 1 is 0.935 bits per heavy atom. The fourth-order valence-corrected chi connectivity index (χ4v) is 2.97. The average Bonchev–Trinajstić information content (AvgIpc) is 2.78. The van der Waals surface area contributed by atoms with Crippen molar-refractivity contribution < 1.29 is 12.0 Å². The predicted molar refractivity (Wildman–Crippen MR) is 127 cm³/mol. The van der Waals surface area contributed by atoms with E-state index < -0.39 is 0 Å². The standard InChI is InChI=1S/C25H25FN4O.2H2/c1-17(18-10-12-21(26)13-11-18)29-25(31)20-8-5-9-22(16-20)30-24(28)15-14-23(27)19-6-3-2-4-7-19;;/h2-17,30H,27-28H2,1H3,(H,29,31);2*1H/b23-14-,24-15+;;. The highest BCUT2D eigenvalue weighted by molar-refractivity contribution is 5.95. The van der Waals surface area contributed by atoms with E-state index in [0.717, 1.165) is 11.1 Å². The van der Waals surface area contributed by atoms with Crippen LogP contribution >= 0.6 is 0 Å². The molecule has 6 heteroatoms. The molecule has 0 bridgehead atoms. The Hall–Kier alpha value is -4.06. The number of rotatable bonds is 7. The van der Waals surface area contributed by atoms with Crippen LogP contribution in [-0.4, -0.2) is 5.91 Å². The highest BCUT2D eigenvalue weighted by Crippen LogP contribution is 2.16. The summed E-state index contributed by atoms with van der Waals surface area (Å²) >= 11 is 0. The summed E-state index contributed by atoms with van der Waals surface area (Å²) in [5, 5.41) is 5.96. The normalized spacial score (nSPS) is 12.8. The first kappa shape index (κ1) is 21.6. The van der Waals surface area contributed by atoms with E-state index in [2.05, 4.69) is 10.6 Å². The van der Waals surface area contributed by atoms with E-state index in [1.807, 2.05) is 43.3 Å². The Morgan fingerprint density at radius 2 is 1.61 bits per heavy atom. The predicted octanol–water partition coefficient (Wildman–Crippen LogP) is 5.02. The maximum absolute atomic E-state index is 13.1. The third-order valence-corrected chi connectivity index (χ3v) is 4.68. The van der Waals surface area contributed by atoms with Crippen molar-refractivity contribution in [3.8, 4) is 0 Å². The second kappa shape index (κ2) is 10.1. The third-order valence-electron chi connectivity index (χ3n) is 4.68. The maximum atomic E-state index is 13.1. The molecule has 3 aromatic rings. The number of anilines is 1. The van der Waals surface area contributed by atoms with Crippen LogP contribution in [0.15, 0.2) is 96.8 Å². The van der Waals surface area contributed by atoms with Crippen molar-refractivity contribution in [1.29, 1.82) is 0 Å². The Balaban J connectivity index is 0.00000272. The summed E-state index contributed by atoms with van der Waals surface area (Å²) in [6, 6.07) is 22.4. The van der Waals surface area contributed by atoms with Crippen LogP contribution in [-0.2, 0) is 0 Å². The number of amides is 1. The molecule has 0 aliphatic rings. The van der Waals surface area contributed by atoms with Gasteiger partial charge in [-0.25, -0.2) is 4.39 Å². The van der Waals surface area contributed by atoms with Gasteiger partial charge in [0, 0.05) is 19.8 Å². The van der Waals surface area contributed by atoms with Crippen LogP contribution in [0.1, 0.15) is 37.3 Å². The number of carbonyl (C=O) groups excluding carboxylic acids is 1. The second-order valence-electron chi connectivity index (χ2n) is 7.06. The lowest BCUT2D eigenvalue weighted by atomic mass is 10.1. The molecule has 5 nitrogen and oxygen atoms in total. The van der Waals surface area contributed by atoms with E-state index in [0.29, 0.717) is 22.8 Å². The smallest absolute Gasteiger partial charge is 0.251 e. The molecule has 3 aromatic carbocycles. The summed E-state index contributed by atoms with van der Waals surface area (Å²) in [7, 11) is 0. The molecule has 31 heavy (non-hydrogen) atoms. The van der Waals surface area contributed by atoms with E-state index in [-0.39, 0.29) is 20.6 Å². The number of halogens is 1. The molecule has 1 amide bonds. The Bertz CT molecular complexity index is 1100. The summed E-state index contributed by atoms with van der Waals surface area (Å²) in [5.41, 5.74) is 15.6. The molecule has 0 heterocycles. The largest absolute Gasteiger partial charge is 0.398 e. The fourth-order valence-electron chi connectivity index (χ4n) is 2.97. The van der Waals surface area contributed by atoms with E-state index in [4.69, 9.17) is 11.5 Å². The molecular weight excluding hydrogens is 391 g/mol. The maximum Gasteiger partial charge on any atom is 0.251 e. The minimum Gasteiger partial charge on any atom is -0.398 e. The van der Waals surface area contributed by atoms with Gasteiger partial charge in [-0.05, 0) is 60.5 Å². The Labute approximate surface area is 184 Å². The molecular formula is C25H29FN4O. The zero-order valence-electron chi connectivity index (χ0n) is 17.2. The third kappa shape index (κ3) is 6.21. The molecule has 1 unspecified atom stereocenters. The van der Waals surface area contributed by atoms with Crippen LogP contribution in [0.4, 0.5) is 10.1 Å². The van der Waals surface area contributed by atoms with Gasteiger partial charge >= 0.3 is 0 Å². The number of benzene rings is 3. The van der Waals surface area contributed by atoms with Crippen molar-refractivity contribution in [2.45, 2.75) is 13.0 Å². The molecule has 3 rings (SSSR count). The van der Waals surface area contributed by atoms with Crippen LogP contribution in [0.3, 0.4) is 0 Å². The first-order valence-electron chi connectivity index (χ1n) is 9.84. The number of nitrogens with two attached hydrogens (primary N) is 2. The highest BCUT2D eigenvalue weighted by atomic mass is 19.1. The van der Waals surface area contributed by atoms with Crippen LogP contribution in [0.2, 0.25) is 0 Å². The van der Waals surface area contributed by atoms with Crippen LogP contribution < -0.4 is 22.1 Å². The van der Waals surface area contributed by atoms with Crippen molar-refractivity contribution in [2.75, 3.05) is 5.32 Å². The minimum absolute atomic E-state index is 0. The summed E-state index contributed by atoms with van der Waals surface area (Å²) in [6.45, 7) is 1.84. The minimum atomic E-state index is -0.313. The molecule has 162 valence electrons. The van der Waals surface area contributed by atoms with Gasteiger partial charge in [0.15, 0.2) is 0 Å². The van der Waals surface area contributed by atoms with E-state index in [1.54, 1.807) is 42.5 Å². The molecule has 0 saturated carbocycles. The molecule has 0 spiro atoms. The van der Waals surface area contributed by atoms with Gasteiger partial charge in [-0.1, -0.05) is 48.5 Å². The molecule has 0 radical (unpaired) electrons. The van der Waals surface area contributed by atoms with Gasteiger partial charge in [0.25, 0.3) is 5.91 Å². The topological polar surface area (TPSA) is 93.2 Å². The van der Waals surface area contributed by atoms with Crippen molar-refractivity contribution in [3.05, 3.63) is 119 Å². The molecule has 0 fully saturated rings. The highest BCUT2D eigenvalue weighted by Gasteiger charge is 2.12. The van der Waals surface area contributed by atoms with Crippen molar-refractivity contribution in [2.24, 2.45) is 11.5 Å². The van der Waals surface area contributed by atoms with Gasteiger partial charge in [0.05, 0.1) is 6.04 Å². The molecule has 0 aliphatic heterocycles. The summed E-state index contributed by atoms with van der Waals surface area (Å²) in [6.07, 6.45) is 3.39. The Morgan fingerprint density at radius 3 is 2.32 bits per heavy atom. The van der Waals surface area contributed by atoms with Crippen molar-refractivity contribution in [3.63, 3.8) is 0 Å². The first-order chi connectivity index (χ1) is 14.9. The zero-order chi connectivity index (χ0) is 22.2. The lowest BCUT2D eigenvalue weighted by molar-refractivity contribution is 0.0940. The van der Waals surface area contributed by atoms with Gasteiger partial charge in [0.2, 0.25) is 0 Å². The van der Waals surface area contributed by atoms with Crippen molar-refractivity contribution in [1.82, 2.24) is 5.32 Å². The fraction of sp³-hybridized carbons (Fsp3) is 0.0800. The number of hydrogen-bond acceptors (Lipinski definition) is 4. The SMILES string of the molecule is CC(NC(=O)c1cccc(N/C(N)=C/C=C(\N)c2ccccc2)c1)c1ccc(F)cc1.[HH].[HH]. The van der Waals surface area contributed by atoms with E-state index in [1.165, 1.54) is 12.1 Å². The van der Waals surface area contributed by atoms with E-state index >= 15 is 0 Å². The van der Waals surface area contributed by atoms with Crippen molar-refractivity contribution >= 4 is 17.3 Å². The number of allylic oxidation sites excluding steroid dienone is 2. The molecule has 0 saturated heterocycles.